The Labute approximate surface area is 196 Å². The van der Waals surface area contributed by atoms with Gasteiger partial charge in [0.2, 0.25) is 10.0 Å². The lowest BCUT2D eigenvalue weighted by molar-refractivity contribution is -0.0504. The summed E-state index contributed by atoms with van der Waals surface area (Å²) in [5, 5.41) is 6.44. The van der Waals surface area contributed by atoms with Gasteiger partial charge in [0, 0.05) is 30.7 Å². The minimum absolute atomic E-state index is 0. The molecule has 0 atom stereocenters. The van der Waals surface area contributed by atoms with E-state index in [9.17, 15) is 17.2 Å². The molecule has 0 bridgehead atoms. The van der Waals surface area contributed by atoms with Crippen LogP contribution in [0.15, 0.2) is 52.4 Å². The van der Waals surface area contributed by atoms with E-state index in [1.807, 2.05) is 0 Å². The Balaban J connectivity index is 0.00000450. The average molecular weight is 575 g/mol. The maximum Gasteiger partial charge on any atom is 0.387 e. The van der Waals surface area contributed by atoms with Crippen LogP contribution in [0, 0.1) is 0 Å². The number of hydrogen-bond donors (Lipinski definition) is 3. The highest BCUT2D eigenvalue weighted by molar-refractivity contribution is 14.0. The molecule has 2 aromatic rings. The monoisotopic (exact) mass is 574 g/mol. The fourth-order valence-corrected chi connectivity index (χ4v) is 3.31. The van der Waals surface area contributed by atoms with Gasteiger partial charge in [-0.3, -0.25) is 4.99 Å². The molecule has 0 aliphatic heterocycles. The molecule has 0 spiro atoms. The molecule has 0 aromatic heterocycles. The number of ether oxygens (including phenoxy) is 1. The van der Waals surface area contributed by atoms with Gasteiger partial charge >= 0.3 is 6.61 Å². The first kappa shape index (κ1) is 26.3. The summed E-state index contributed by atoms with van der Waals surface area (Å²) in [4.78, 5) is 4.23. The molecule has 0 radical (unpaired) electrons. The molecule has 0 amide bonds. The Morgan fingerprint density at radius 1 is 1.13 bits per heavy atom. The zero-order chi connectivity index (χ0) is 21.4. The van der Waals surface area contributed by atoms with Crippen molar-refractivity contribution in [2.45, 2.75) is 24.6 Å². The van der Waals surface area contributed by atoms with E-state index in [1.54, 1.807) is 19.2 Å². The standard InChI is InChI=1S/C18H21ClF2N4O3S.HI/c1-22-18(24-10-12-3-6-15(7-4-12)29(26,27)23-2)25-11-13-9-14(19)5-8-16(13)28-17(20)21;/h3-9,17,23H,10-11H2,1-2H3,(H2,22,24,25);1H. The number of rotatable bonds is 8. The summed E-state index contributed by atoms with van der Waals surface area (Å²) in [5.41, 5.74) is 1.27. The van der Waals surface area contributed by atoms with E-state index in [0.717, 1.165) is 5.56 Å². The van der Waals surface area contributed by atoms with Crippen LogP contribution in [0.5, 0.6) is 5.75 Å². The topological polar surface area (TPSA) is 91.8 Å². The molecule has 0 unspecified atom stereocenters. The molecule has 166 valence electrons. The minimum atomic E-state index is -3.49. The highest BCUT2D eigenvalue weighted by Gasteiger charge is 2.12. The second-order valence-corrected chi connectivity index (χ2v) is 8.08. The van der Waals surface area contributed by atoms with Gasteiger partial charge in [-0.25, -0.2) is 13.1 Å². The molecular weight excluding hydrogens is 553 g/mol. The molecule has 0 fully saturated rings. The van der Waals surface area contributed by atoms with Gasteiger partial charge in [0.15, 0.2) is 5.96 Å². The molecule has 0 aliphatic carbocycles. The second kappa shape index (κ2) is 12.2. The van der Waals surface area contributed by atoms with Crippen LogP contribution in [0.3, 0.4) is 0 Å². The predicted molar refractivity (Wildman–Crippen MR) is 123 cm³/mol. The van der Waals surface area contributed by atoms with Crippen LogP contribution in [0.1, 0.15) is 11.1 Å². The predicted octanol–water partition coefficient (Wildman–Crippen LogP) is 3.33. The molecule has 12 heteroatoms. The van der Waals surface area contributed by atoms with E-state index in [-0.39, 0.29) is 41.2 Å². The summed E-state index contributed by atoms with van der Waals surface area (Å²) < 4.78 is 55.3. The summed E-state index contributed by atoms with van der Waals surface area (Å²) in [6.07, 6.45) is 0. The lowest BCUT2D eigenvalue weighted by atomic mass is 10.2. The van der Waals surface area contributed by atoms with Crippen LogP contribution in [0.2, 0.25) is 5.02 Å². The Morgan fingerprint density at radius 3 is 2.33 bits per heavy atom. The fourth-order valence-electron chi connectivity index (χ4n) is 2.39. The van der Waals surface area contributed by atoms with E-state index in [0.29, 0.717) is 23.1 Å². The first-order chi connectivity index (χ1) is 13.7. The quantitative estimate of drug-likeness (QED) is 0.256. The van der Waals surface area contributed by atoms with Crippen molar-refractivity contribution in [3.63, 3.8) is 0 Å². The maximum absolute atomic E-state index is 12.5. The van der Waals surface area contributed by atoms with E-state index in [2.05, 4.69) is 25.1 Å². The van der Waals surface area contributed by atoms with Crippen molar-refractivity contribution in [3.05, 3.63) is 58.6 Å². The number of nitrogens with one attached hydrogen (secondary N) is 3. The van der Waals surface area contributed by atoms with Gasteiger partial charge in [-0.05, 0) is 42.9 Å². The number of benzene rings is 2. The normalized spacial score (nSPS) is 11.7. The zero-order valence-electron chi connectivity index (χ0n) is 16.2. The minimum Gasteiger partial charge on any atom is -0.434 e. The maximum atomic E-state index is 12.5. The van der Waals surface area contributed by atoms with Crippen molar-refractivity contribution >= 4 is 51.6 Å². The van der Waals surface area contributed by atoms with Crippen molar-refractivity contribution in [2.24, 2.45) is 4.99 Å². The van der Waals surface area contributed by atoms with Crippen LogP contribution >= 0.6 is 35.6 Å². The van der Waals surface area contributed by atoms with Crippen molar-refractivity contribution in [1.29, 1.82) is 0 Å². The summed E-state index contributed by atoms with van der Waals surface area (Å²) in [6, 6.07) is 10.7. The number of nitrogens with zero attached hydrogens (tertiary/aromatic N) is 1. The van der Waals surface area contributed by atoms with Gasteiger partial charge < -0.3 is 15.4 Å². The summed E-state index contributed by atoms with van der Waals surface area (Å²) >= 11 is 5.94. The summed E-state index contributed by atoms with van der Waals surface area (Å²) in [5.74, 6) is 0.439. The fraction of sp³-hybridized carbons (Fsp3) is 0.278. The molecule has 2 aromatic carbocycles. The second-order valence-electron chi connectivity index (χ2n) is 5.76. The molecule has 30 heavy (non-hydrogen) atoms. The van der Waals surface area contributed by atoms with E-state index in [4.69, 9.17) is 11.6 Å². The Bertz CT molecular complexity index is 960. The van der Waals surface area contributed by atoms with Crippen LogP contribution < -0.4 is 20.1 Å². The summed E-state index contributed by atoms with van der Waals surface area (Å²) in [7, 11) is -0.582. The van der Waals surface area contributed by atoms with Gasteiger partial charge in [-0.1, -0.05) is 23.7 Å². The van der Waals surface area contributed by atoms with Gasteiger partial charge in [0.1, 0.15) is 5.75 Å². The molecule has 3 N–H and O–H groups in total. The van der Waals surface area contributed by atoms with Crippen LogP contribution in [-0.2, 0) is 23.1 Å². The van der Waals surface area contributed by atoms with Crippen molar-refractivity contribution in [2.75, 3.05) is 14.1 Å². The highest BCUT2D eigenvalue weighted by atomic mass is 127. The molecule has 0 heterocycles. The lowest BCUT2D eigenvalue weighted by Crippen LogP contribution is -2.36. The largest absolute Gasteiger partial charge is 0.434 e. The van der Waals surface area contributed by atoms with Gasteiger partial charge in [-0.2, -0.15) is 8.78 Å². The van der Waals surface area contributed by atoms with Crippen LogP contribution in [0.4, 0.5) is 8.78 Å². The van der Waals surface area contributed by atoms with Gasteiger partial charge in [0.25, 0.3) is 0 Å². The Morgan fingerprint density at radius 2 is 1.77 bits per heavy atom. The Hall–Kier alpha value is -1.70. The smallest absolute Gasteiger partial charge is 0.387 e. The number of hydrogen-bond acceptors (Lipinski definition) is 4. The van der Waals surface area contributed by atoms with E-state index < -0.39 is 16.6 Å². The third-order valence-electron chi connectivity index (χ3n) is 3.87. The van der Waals surface area contributed by atoms with Crippen molar-refractivity contribution in [1.82, 2.24) is 15.4 Å². The first-order valence-corrected chi connectivity index (χ1v) is 10.3. The molecule has 0 saturated carbocycles. The Kier molecular flexibility index (Phi) is 10.7. The number of halogens is 4. The van der Waals surface area contributed by atoms with Gasteiger partial charge in [0.05, 0.1) is 4.90 Å². The van der Waals surface area contributed by atoms with E-state index in [1.165, 1.54) is 37.4 Å². The zero-order valence-corrected chi connectivity index (χ0v) is 20.1. The summed E-state index contributed by atoms with van der Waals surface area (Å²) in [6.45, 7) is -2.42. The third-order valence-corrected chi connectivity index (χ3v) is 5.54. The van der Waals surface area contributed by atoms with Crippen LogP contribution in [-0.4, -0.2) is 35.1 Å². The lowest BCUT2D eigenvalue weighted by Gasteiger charge is -2.15. The van der Waals surface area contributed by atoms with Crippen molar-refractivity contribution in [3.8, 4) is 5.75 Å². The first-order valence-electron chi connectivity index (χ1n) is 8.45. The SMILES string of the molecule is CN=C(NCc1ccc(S(=O)(=O)NC)cc1)NCc1cc(Cl)ccc1OC(F)F.I. The van der Waals surface area contributed by atoms with Crippen molar-refractivity contribution < 1.29 is 21.9 Å². The molecule has 0 aliphatic rings. The number of aliphatic imine (C=N–C) groups is 1. The van der Waals surface area contributed by atoms with E-state index >= 15 is 0 Å². The third kappa shape index (κ3) is 7.85. The number of sulfonamides is 1. The molecular formula is C18H22ClF2IN4O3S. The molecule has 0 saturated heterocycles. The van der Waals surface area contributed by atoms with Gasteiger partial charge in [-0.15, -0.1) is 24.0 Å². The van der Waals surface area contributed by atoms with Crippen LogP contribution in [0.25, 0.3) is 0 Å². The molecule has 7 nitrogen and oxygen atoms in total. The highest BCUT2D eigenvalue weighted by Crippen LogP contribution is 2.24. The molecule has 2 rings (SSSR count). The number of guanidine groups is 1. The average Bonchev–Trinajstić information content (AvgIpc) is 2.70. The number of alkyl halides is 2.